The minimum absolute atomic E-state index is 0.382. The van der Waals surface area contributed by atoms with Crippen LogP contribution in [0, 0.1) is 13.8 Å². The number of carbonyl (C=O) groups is 3. The quantitative estimate of drug-likeness (QED) is 0.0318. The second-order valence-electron chi connectivity index (χ2n) is 11.8. The van der Waals surface area contributed by atoms with Crippen molar-refractivity contribution in [3.63, 3.8) is 0 Å². The van der Waals surface area contributed by atoms with Gasteiger partial charge in [0, 0.05) is 24.4 Å². The molecule has 0 N–H and O–H groups in total. The summed E-state index contributed by atoms with van der Waals surface area (Å²) in [7, 11) is 0. The average Bonchev–Trinajstić information content (AvgIpc) is 3.14. The lowest BCUT2D eigenvalue weighted by Crippen LogP contribution is -2.05. The van der Waals surface area contributed by atoms with E-state index in [-0.39, 0.29) is 11.9 Å². The number of unbranched alkanes of at least 4 members (excludes halogenated alkanes) is 6. The Hall–Kier alpha value is -5.44. The number of carbonyl (C=O) groups excluding carboxylic acids is 3. The first-order valence-corrected chi connectivity index (χ1v) is 17.4. The number of hydrogen-bond donors (Lipinski definition) is 0. The van der Waals surface area contributed by atoms with E-state index in [1.165, 1.54) is 18.2 Å². The zero-order valence-electron chi connectivity index (χ0n) is 29.8. The number of benzene rings is 3. The summed E-state index contributed by atoms with van der Waals surface area (Å²) in [4.78, 5) is 39.3. The molecule has 9 nitrogen and oxygen atoms in total. The second-order valence-corrected chi connectivity index (χ2v) is 11.8. The number of rotatable bonds is 23. The summed E-state index contributed by atoms with van der Waals surface area (Å²) in [5.41, 5.74) is 4.26. The van der Waals surface area contributed by atoms with E-state index in [0.29, 0.717) is 32.2 Å². The van der Waals surface area contributed by atoms with Gasteiger partial charge in [0.25, 0.3) is 0 Å². The van der Waals surface area contributed by atoms with Gasteiger partial charge in [-0.2, -0.15) is 0 Å². The standard InChI is InChI=1S/C42H49NO8/c1-5-40(44)49-27-13-9-7-11-25-47-36-20-15-34(16-21-36)19-24-42(46)51-39-30-32(3)38(29-33(39)4)43-31-35-17-22-37(23-18-35)48-26-12-8-10-14-28-50-41(45)6-2/h5-6,15-24,29-31H,1-2,7-14,25-28H2,3-4H3. The molecule has 3 aromatic rings. The van der Waals surface area contributed by atoms with Gasteiger partial charge in [0.2, 0.25) is 0 Å². The first kappa shape index (κ1) is 40.0. The van der Waals surface area contributed by atoms with Crippen LogP contribution in [-0.2, 0) is 23.9 Å². The Morgan fingerprint density at radius 3 is 1.61 bits per heavy atom. The summed E-state index contributed by atoms with van der Waals surface area (Å²) < 4.78 is 27.2. The average molecular weight is 696 g/mol. The number of nitrogens with zero attached hydrogens (tertiary/aromatic N) is 1. The summed E-state index contributed by atoms with van der Waals surface area (Å²) in [5, 5.41) is 0. The molecule has 0 aromatic heterocycles. The minimum Gasteiger partial charge on any atom is -0.494 e. The molecule has 51 heavy (non-hydrogen) atoms. The van der Waals surface area contributed by atoms with Crippen molar-refractivity contribution in [2.24, 2.45) is 4.99 Å². The van der Waals surface area contributed by atoms with Gasteiger partial charge in [-0.25, -0.2) is 14.4 Å². The largest absolute Gasteiger partial charge is 0.494 e. The summed E-state index contributed by atoms with van der Waals surface area (Å²) >= 11 is 0. The van der Waals surface area contributed by atoms with E-state index in [2.05, 4.69) is 18.2 Å². The van der Waals surface area contributed by atoms with Gasteiger partial charge in [-0.3, -0.25) is 4.99 Å². The molecular weight excluding hydrogens is 646 g/mol. The Kier molecular flexibility index (Phi) is 18.1. The fraction of sp³-hybridized carbons (Fsp3) is 0.333. The van der Waals surface area contributed by atoms with Crippen LogP contribution in [0.25, 0.3) is 6.08 Å². The van der Waals surface area contributed by atoms with Crippen LogP contribution < -0.4 is 14.2 Å². The van der Waals surface area contributed by atoms with E-state index in [4.69, 9.17) is 23.7 Å². The molecule has 0 amide bonds. The van der Waals surface area contributed by atoms with Crippen molar-refractivity contribution in [2.45, 2.75) is 65.2 Å². The highest BCUT2D eigenvalue weighted by atomic mass is 16.5. The van der Waals surface area contributed by atoms with E-state index < -0.39 is 5.97 Å². The summed E-state index contributed by atoms with van der Waals surface area (Å²) in [6, 6.07) is 19.0. The predicted molar refractivity (Wildman–Crippen MR) is 201 cm³/mol. The van der Waals surface area contributed by atoms with Gasteiger partial charge < -0.3 is 23.7 Å². The van der Waals surface area contributed by atoms with E-state index in [1.54, 1.807) is 12.3 Å². The molecule has 0 unspecified atom stereocenters. The van der Waals surface area contributed by atoms with Crippen LogP contribution in [-0.4, -0.2) is 50.6 Å². The molecule has 0 bridgehead atoms. The summed E-state index contributed by atoms with van der Waals surface area (Å²) in [6.07, 6.45) is 14.6. The highest BCUT2D eigenvalue weighted by Gasteiger charge is 2.09. The number of ether oxygens (including phenoxy) is 5. The van der Waals surface area contributed by atoms with Gasteiger partial charge in [0.1, 0.15) is 17.2 Å². The number of aryl methyl sites for hydroxylation is 2. The molecule has 0 spiro atoms. The van der Waals surface area contributed by atoms with Gasteiger partial charge in [-0.15, -0.1) is 0 Å². The Morgan fingerprint density at radius 2 is 1.10 bits per heavy atom. The minimum atomic E-state index is -0.470. The summed E-state index contributed by atoms with van der Waals surface area (Å²) in [5.74, 6) is 0.805. The molecule has 0 aliphatic rings. The van der Waals surface area contributed by atoms with Crippen LogP contribution >= 0.6 is 0 Å². The second kappa shape index (κ2) is 23.1. The molecule has 0 saturated carbocycles. The van der Waals surface area contributed by atoms with Crippen LogP contribution in [0.3, 0.4) is 0 Å². The molecule has 9 heteroatoms. The van der Waals surface area contributed by atoms with Crippen LogP contribution in [0.5, 0.6) is 17.2 Å². The molecular formula is C42H49NO8. The number of esters is 3. The van der Waals surface area contributed by atoms with Crippen molar-refractivity contribution < 1.29 is 38.1 Å². The third kappa shape index (κ3) is 16.2. The van der Waals surface area contributed by atoms with Gasteiger partial charge in [-0.1, -0.05) is 25.3 Å². The first-order chi connectivity index (χ1) is 24.8. The number of hydrogen-bond acceptors (Lipinski definition) is 9. The molecule has 0 heterocycles. The molecule has 0 aliphatic heterocycles. The Bertz CT molecular complexity index is 1620. The first-order valence-electron chi connectivity index (χ1n) is 17.4. The molecule has 3 rings (SSSR count). The molecule has 0 fully saturated rings. The third-order valence-corrected chi connectivity index (χ3v) is 7.67. The van der Waals surface area contributed by atoms with Crippen LogP contribution in [0.1, 0.15) is 73.6 Å². The van der Waals surface area contributed by atoms with E-state index in [9.17, 15) is 14.4 Å². The van der Waals surface area contributed by atoms with E-state index in [0.717, 1.165) is 90.8 Å². The lowest BCUT2D eigenvalue weighted by molar-refractivity contribution is -0.138. The van der Waals surface area contributed by atoms with Gasteiger partial charge in [0.05, 0.1) is 32.1 Å². The fourth-order valence-electron chi connectivity index (χ4n) is 4.76. The van der Waals surface area contributed by atoms with Crippen LogP contribution in [0.15, 0.2) is 97.0 Å². The fourth-order valence-corrected chi connectivity index (χ4v) is 4.76. The normalized spacial score (nSPS) is 10.9. The van der Waals surface area contributed by atoms with E-state index >= 15 is 0 Å². The topological polar surface area (TPSA) is 110 Å². The van der Waals surface area contributed by atoms with Gasteiger partial charge >= 0.3 is 17.9 Å². The van der Waals surface area contributed by atoms with Crippen LogP contribution in [0.4, 0.5) is 5.69 Å². The highest BCUT2D eigenvalue weighted by molar-refractivity contribution is 5.89. The number of aliphatic imine (C=N–C) groups is 1. The molecule has 0 saturated heterocycles. The lowest BCUT2D eigenvalue weighted by Gasteiger charge is -2.09. The third-order valence-electron chi connectivity index (χ3n) is 7.67. The van der Waals surface area contributed by atoms with E-state index in [1.807, 2.05) is 74.5 Å². The Morgan fingerprint density at radius 1 is 0.608 bits per heavy atom. The molecule has 0 aliphatic carbocycles. The lowest BCUT2D eigenvalue weighted by atomic mass is 10.1. The van der Waals surface area contributed by atoms with Crippen molar-refractivity contribution in [3.8, 4) is 17.2 Å². The Labute approximate surface area is 301 Å². The van der Waals surface area contributed by atoms with Crippen molar-refractivity contribution >= 4 is 35.9 Å². The smallest absolute Gasteiger partial charge is 0.336 e. The highest BCUT2D eigenvalue weighted by Crippen LogP contribution is 2.28. The maximum absolute atomic E-state index is 12.6. The zero-order chi connectivity index (χ0) is 36.7. The van der Waals surface area contributed by atoms with Gasteiger partial charge in [-0.05, 0) is 142 Å². The monoisotopic (exact) mass is 695 g/mol. The zero-order valence-corrected chi connectivity index (χ0v) is 29.8. The Balaban J connectivity index is 1.37. The van der Waals surface area contributed by atoms with Crippen LogP contribution in [0.2, 0.25) is 0 Å². The maximum atomic E-state index is 12.6. The summed E-state index contributed by atoms with van der Waals surface area (Å²) in [6.45, 7) is 12.6. The maximum Gasteiger partial charge on any atom is 0.336 e. The molecule has 0 radical (unpaired) electrons. The van der Waals surface area contributed by atoms with Gasteiger partial charge in [0.15, 0.2) is 0 Å². The molecule has 3 aromatic carbocycles. The van der Waals surface area contributed by atoms with Crippen molar-refractivity contribution in [3.05, 3.63) is 114 Å². The molecule has 0 atom stereocenters. The van der Waals surface area contributed by atoms with Crippen molar-refractivity contribution in [1.82, 2.24) is 0 Å². The van der Waals surface area contributed by atoms with Crippen molar-refractivity contribution in [1.29, 1.82) is 0 Å². The SMILES string of the molecule is C=CC(=O)OCCCCCCOc1ccc(C=CC(=O)Oc2cc(C)c(N=Cc3ccc(OCCCCCCOC(=O)C=C)cc3)cc2C)cc1. The predicted octanol–water partition coefficient (Wildman–Crippen LogP) is 9.01. The molecule has 270 valence electrons. The van der Waals surface area contributed by atoms with Crippen molar-refractivity contribution in [2.75, 3.05) is 26.4 Å².